The highest BCUT2D eigenvalue weighted by Gasteiger charge is 2.32. The molecule has 0 aromatic carbocycles. The Hall–Kier alpha value is -1.30. The SMILES string of the molecule is C[C@H](O)CN(CCCC[C@@H]1NC(=O)[C@@H](CCCCN(C[C@H](C)O)C[C@@H](C)O)NC1=O)C[C@H](C)O. The van der Waals surface area contributed by atoms with E-state index in [4.69, 9.17) is 0 Å². The van der Waals surface area contributed by atoms with Gasteiger partial charge in [-0.2, -0.15) is 0 Å². The van der Waals surface area contributed by atoms with E-state index in [-0.39, 0.29) is 11.8 Å². The number of hydrogen-bond acceptors (Lipinski definition) is 8. The Morgan fingerprint density at radius 3 is 1.18 bits per heavy atom. The summed E-state index contributed by atoms with van der Waals surface area (Å²) in [4.78, 5) is 29.0. The lowest BCUT2D eigenvalue weighted by molar-refractivity contribution is -0.137. The second-order valence-electron chi connectivity index (χ2n) is 10.0. The van der Waals surface area contributed by atoms with Crippen molar-refractivity contribution in [3.8, 4) is 0 Å². The van der Waals surface area contributed by atoms with Gasteiger partial charge in [0.05, 0.1) is 24.4 Å². The van der Waals surface area contributed by atoms with Gasteiger partial charge in [-0.1, -0.05) is 0 Å². The number of nitrogens with one attached hydrogen (secondary N) is 2. The Morgan fingerprint density at radius 2 is 0.912 bits per heavy atom. The predicted molar refractivity (Wildman–Crippen MR) is 131 cm³/mol. The third-order valence-electron chi connectivity index (χ3n) is 5.79. The van der Waals surface area contributed by atoms with E-state index in [9.17, 15) is 30.0 Å². The van der Waals surface area contributed by atoms with Crippen LogP contribution in [-0.2, 0) is 9.59 Å². The van der Waals surface area contributed by atoms with Crippen LogP contribution in [0.25, 0.3) is 0 Å². The van der Waals surface area contributed by atoms with Gasteiger partial charge in [-0.25, -0.2) is 0 Å². The average Bonchev–Trinajstić information content (AvgIpc) is 2.69. The highest BCUT2D eigenvalue weighted by molar-refractivity contribution is 5.96. The van der Waals surface area contributed by atoms with E-state index in [0.717, 1.165) is 25.7 Å². The molecule has 0 spiro atoms. The van der Waals surface area contributed by atoms with Crippen LogP contribution in [-0.4, -0.2) is 118 Å². The summed E-state index contributed by atoms with van der Waals surface area (Å²) < 4.78 is 0. The van der Waals surface area contributed by atoms with Crippen molar-refractivity contribution in [3.63, 3.8) is 0 Å². The van der Waals surface area contributed by atoms with Crippen LogP contribution < -0.4 is 10.6 Å². The molecule has 200 valence electrons. The maximum atomic E-state index is 12.5. The Morgan fingerprint density at radius 1 is 0.618 bits per heavy atom. The summed E-state index contributed by atoms with van der Waals surface area (Å²) in [6.07, 6.45) is 2.32. The number of amides is 2. The third-order valence-corrected chi connectivity index (χ3v) is 5.79. The van der Waals surface area contributed by atoms with Crippen LogP contribution in [0.15, 0.2) is 0 Å². The lowest BCUT2D eigenvalue weighted by Gasteiger charge is -2.30. The summed E-state index contributed by atoms with van der Waals surface area (Å²) in [5, 5.41) is 44.1. The van der Waals surface area contributed by atoms with E-state index < -0.39 is 36.5 Å². The molecule has 0 unspecified atom stereocenters. The number of rotatable bonds is 18. The van der Waals surface area contributed by atoms with Gasteiger partial charge in [0.1, 0.15) is 12.1 Å². The number of carbonyl (C=O) groups is 2. The van der Waals surface area contributed by atoms with Gasteiger partial charge in [-0.15, -0.1) is 0 Å². The van der Waals surface area contributed by atoms with Crippen molar-refractivity contribution in [3.05, 3.63) is 0 Å². The van der Waals surface area contributed by atoms with Crippen LogP contribution in [0.1, 0.15) is 66.2 Å². The molecule has 1 fully saturated rings. The van der Waals surface area contributed by atoms with E-state index in [1.54, 1.807) is 27.7 Å². The number of piperazine rings is 1. The van der Waals surface area contributed by atoms with Crippen LogP contribution in [0.3, 0.4) is 0 Å². The maximum absolute atomic E-state index is 12.5. The van der Waals surface area contributed by atoms with Crippen LogP contribution in [0.2, 0.25) is 0 Å². The molecule has 1 saturated heterocycles. The molecule has 1 aliphatic rings. The summed E-state index contributed by atoms with van der Waals surface area (Å²) in [6, 6.07) is -1.06. The highest BCUT2D eigenvalue weighted by Crippen LogP contribution is 2.12. The summed E-state index contributed by atoms with van der Waals surface area (Å²) >= 11 is 0. The Kier molecular flexibility index (Phi) is 14.8. The maximum Gasteiger partial charge on any atom is 0.243 e. The van der Waals surface area contributed by atoms with E-state index in [1.165, 1.54) is 0 Å². The first-order valence-corrected chi connectivity index (χ1v) is 12.8. The van der Waals surface area contributed by atoms with Crippen LogP contribution in [0.5, 0.6) is 0 Å². The van der Waals surface area contributed by atoms with Gasteiger partial charge in [0.2, 0.25) is 11.8 Å². The predicted octanol–water partition coefficient (Wildman–Crippen LogP) is -0.563. The zero-order valence-electron chi connectivity index (χ0n) is 21.4. The summed E-state index contributed by atoms with van der Waals surface area (Å²) in [5.74, 6) is -0.307. The normalized spacial score (nSPS) is 22.4. The fraction of sp³-hybridized carbons (Fsp3) is 0.917. The van der Waals surface area contributed by atoms with Crippen molar-refractivity contribution < 1.29 is 30.0 Å². The minimum atomic E-state index is -0.529. The Bertz CT molecular complexity index is 518. The van der Waals surface area contributed by atoms with Crippen LogP contribution in [0, 0.1) is 0 Å². The molecule has 34 heavy (non-hydrogen) atoms. The van der Waals surface area contributed by atoms with Crippen molar-refractivity contribution in [2.24, 2.45) is 0 Å². The second-order valence-corrected chi connectivity index (χ2v) is 10.0. The first-order chi connectivity index (χ1) is 16.0. The number of hydrogen-bond donors (Lipinski definition) is 6. The molecular formula is C24H48N4O6. The fourth-order valence-corrected chi connectivity index (χ4v) is 4.46. The minimum Gasteiger partial charge on any atom is -0.392 e. The number of aliphatic hydroxyl groups is 4. The van der Waals surface area contributed by atoms with Crippen molar-refractivity contribution in [2.45, 2.75) is 103 Å². The number of aliphatic hydroxyl groups excluding tert-OH is 4. The first kappa shape index (κ1) is 30.7. The molecule has 10 heteroatoms. The van der Waals surface area contributed by atoms with Gasteiger partial charge >= 0.3 is 0 Å². The number of carbonyl (C=O) groups excluding carboxylic acids is 2. The Labute approximate surface area is 204 Å². The van der Waals surface area contributed by atoms with E-state index in [2.05, 4.69) is 10.6 Å². The average molecular weight is 489 g/mol. The Balaban J connectivity index is 2.34. The summed E-state index contributed by atoms with van der Waals surface area (Å²) in [7, 11) is 0. The highest BCUT2D eigenvalue weighted by atomic mass is 16.3. The quantitative estimate of drug-likeness (QED) is 0.141. The number of nitrogens with zero attached hydrogens (tertiary/aromatic N) is 2. The summed E-state index contributed by atoms with van der Waals surface area (Å²) in [6.45, 7) is 10.2. The van der Waals surface area contributed by atoms with Gasteiger partial charge in [0.25, 0.3) is 0 Å². The standard InChI is InChI=1S/C24H48N4O6/c1-17(29)13-27(14-18(2)30)11-7-5-9-21-23(33)26-22(24(34)25-21)10-6-8-12-28(15-19(3)31)16-20(4)32/h17-22,29-32H,5-16H2,1-4H3,(H,25,34)(H,26,33)/t17-,18-,19-,20+,21-,22+/m0/s1. The monoisotopic (exact) mass is 488 g/mol. The third kappa shape index (κ3) is 13.6. The van der Waals surface area contributed by atoms with E-state index >= 15 is 0 Å². The molecule has 0 aromatic heterocycles. The van der Waals surface area contributed by atoms with Crippen LogP contribution in [0.4, 0.5) is 0 Å². The second kappa shape index (κ2) is 16.4. The molecule has 0 aromatic rings. The molecule has 0 aliphatic carbocycles. The van der Waals surface area contributed by atoms with Gasteiger partial charge < -0.3 is 31.1 Å². The molecule has 0 saturated carbocycles. The van der Waals surface area contributed by atoms with Gasteiger partial charge in [0, 0.05) is 26.2 Å². The van der Waals surface area contributed by atoms with Crippen molar-refractivity contribution in [1.82, 2.24) is 20.4 Å². The smallest absolute Gasteiger partial charge is 0.243 e. The lowest BCUT2D eigenvalue weighted by atomic mass is 10.0. The molecule has 10 nitrogen and oxygen atoms in total. The zero-order chi connectivity index (χ0) is 25.7. The van der Waals surface area contributed by atoms with E-state index in [1.807, 2.05) is 9.80 Å². The van der Waals surface area contributed by atoms with Gasteiger partial charge in [0.15, 0.2) is 0 Å². The summed E-state index contributed by atoms with van der Waals surface area (Å²) in [5.41, 5.74) is 0. The number of unbranched alkanes of at least 4 members (excludes halogenated alkanes) is 2. The fourth-order valence-electron chi connectivity index (χ4n) is 4.46. The first-order valence-electron chi connectivity index (χ1n) is 12.8. The van der Waals surface area contributed by atoms with Crippen molar-refractivity contribution in [1.29, 1.82) is 0 Å². The van der Waals surface area contributed by atoms with Gasteiger partial charge in [-0.05, 0) is 79.3 Å². The van der Waals surface area contributed by atoms with Crippen molar-refractivity contribution >= 4 is 11.8 Å². The molecular weight excluding hydrogens is 440 g/mol. The van der Waals surface area contributed by atoms with Gasteiger partial charge in [-0.3, -0.25) is 19.4 Å². The molecule has 6 N–H and O–H groups in total. The molecule has 0 bridgehead atoms. The zero-order valence-corrected chi connectivity index (χ0v) is 21.4. The molecule has 1 rings (SSSR count). The molecule has 2 amide bonds. The molecule has 1 heterocycles. The molecule has 0 radical (unpaired) electrons. The molecule has 6 atom stereocenters. The lowest BCUT2D eigenvalue weighted by Crippen LogP contribution is -2.61. The van der Waals surface area contributed by atoms with E-state index in [0.29, 0.717) is 52.1 Å². The largest absolute Gasteiger partial charge is 0.392 e. The van der Waals surface area contributed by atoms with Crippen molar-refractivity contribution in [2.75, 3.05) is 39.3 Å². The minimum absolute atomic E-state index is 0.153. The van der Waals surface area contributed by atoms with Crippen LogP contribution >= 0.6 is 0 Å². The molecule has 1 aliphatic heterocycles. The topological polar surface area (TPSA) is 146 Å².